The highest BCUT2D eigenvalue weighted by Gasteiger charge is 2.49. The zero-order chi connectivity index (χ0) is 26.4. The van der Waals surface area contributed by atoms with Gasteiger partial charge in [-0.3, -0.25) is 0 Å². The van der Waals surface area contributed by atoms with E-state index in [4.69, 9.17) is 4.42 Å². The van der Waals surface area contributed by atoms with Gasteiger partial charge >= 0.3 is 0 Å². The van der Waals surface area contributed by atoms with E-state index < -0.39 is 5.41 Å². The molecule has 0 saturated heterocycles. The first-order valence-electron chi connectivity index (χ1n) is 13.5. The van der Waals surface area contributed by atoms with Crippen LogP contribution in [0.3, 0.4) is 0 Å². The molecule has 1 aromatic heterocycles. The Bertz CT molecular complexity index is 2170. The van der Waals surface area contributed by atoms with Crippen molar-refractivity contribution in [3.05, 3.63) is 154 Å². The van der Waals surface area contributed by atoms with Crippen LogP contribution in [-0.2, 0) is 5.41 Å². The third-order valence-electron chi connectivity index (χ3n) is 8.63. The molecule has 1 atom stereocenters. The van der Waals surface area contributed by atoms with Gasteiger partial charge in [0.25, 0.3) is 0 Å². The molecule has 0 radical (unpaired) electrons. The van der Waals surface area contributed by atoms with Gasteiger partial charge < -0.3 is 4.42 Å². The number of benzene rings is 6. The molecule has 1 nitrogen and oxygen atoms in total. The van der Waals surface area contributed by atoms with E-state index >= 15 is 0 Å². The van der Waals surface area contributed by atoms with Crippen molar-refractivity contribution in [1.29, 1.82) is 0 Å². The Balaban J connectivity index is 1.54. The minimum Gasteiger partial charge on any atom is -0.455 e. The summed E-state index contributed by atoms with van der Waals surface area (Å²) in [7, 11) is 0. The summed E-state index contributed by atoms with van der Waals surface area (Å²) in [6, 6.07) is 46.6. The monoisotopic (exact) mass is 592 g/mol. The van der Waals surface area contributed by atoms with E-state index in [0.717, 1.165) is 26.4 Å². The smallest absolute Gasteiger partial charge is 0.149 e. The number of para-hydroxylation sites is 1. The standard InChI is InChI=1S/C37H21BrOS/c38-22-17-19-30-28(21-22)24-10-2-1-9-23(24)25-11-3-5-13-29(25)37(30)31-14-6-8-16-34(31)40-36-32(37)20-18-27-26-12-4-7-15-33(26)39-35(27)36/h1-21H. The molecule has 0 bridgehead atoms. The molecule has 0 amide bonds. The van der Waals surface area contributed by atoms with E-state index in [-0.39, 0.29) is 0 Å². The Morgan fingerprint density at radius 2 is 1.18 bits per heavy atom. The van der Waals surface area contributed by atoms with Gasteiger partial charge in [-0.15, -0.1) is 0 Å². The van der Waals surface area contributed by atoms with Gasteiger partial charge in [-0.25, -0.2) is 0 Å². The summed E-state index contributed by atoms with van der Waals surface area (Å²) in [5.74, 6) is 0. The molecule has 2 aliphatic rings. The fourth-order valence-corrected chi connectivity index (χ4v) is 8.70. The summed E-state index contributed by atoms with van der Waals surface area (Å²) in [5, 5.41) is 2.32. The van der Waals surface area contributed by atoms with Crippen molar-refractivity contribution in [1.82, 2.24) is 0 Å². The Morgan fingerprint density at radius 1 is 0.525 bits per heavy atom. The first kappa shape index (κ1) is 22.7. The normalized spacial score (nSPS) is 16.6. The van der Waals surface area contributed by atoms with E-state index in [1.807, 2.05) is 17.8 Å². The molecule has 9 rings (SSSR count). The first-order chi connectivity index (χ1) is 19.7. The Kier molecular flexibility index (Phi) is 4.68. The predicted octanol–water partition coefficient (Wildman–Crippen LogP) is 10.8. The quantitative estimate of drug-likeness (QED) is 0.174. The molecule has 1 aliphatic heterocycles. The lowest BCUT2D eigenvalue weighted by Gasteiger charge is -2.42. The molecule has 0 saturated carbocycles. The van der Waals surface area contributed by atoms with Crippen molar-refractivity contribution in [2.45, 2.75) is 15.2 Å². The van der Waals surface area contributed by atoms with Crippen molar-refractivity contribution in [2.24, 2.45) is 0 Å². The molecule has 188 valence electrons. The third kappa shape index (κ3) is 2.84. The molecule has 1 aliphatic carbocycles. The summed E-state index contributed by atoms with van der Waals surface area (Å²) >= 11 is 5.65. The minimum absolute atomic E-state index is 0.532. The number of rotatable bonds is 0. The molecule has 6 aromatic carbocycles. The average molecular weight is 594 g/mol. The van der Waals surface area contributed by atoms with Gasteiger partial charge in [-0.2, -0.15) is 0 Å². The topological polar surface area (TPSA) is 13.1 Å². The van der Waals surface area contributed by atoms with Gasteiger partial charge in [0.1, 0.15) is 11.2 Å². The Labute approximate surface area is 244 Å². The van der Waals surface area contributed by atoms with Crippen molar-refractivity contribution in [3.8, 4) is 22.3 Å². The van der Waals surface area contributed by atoms with Crippen LogP contribution in [0.25, 0.3) is 44.2 Å². The largest absolute Gasteiger partial charge is 0.455 e. The summed E-state index contributed by atoms with van der Waals surface area (Å²) in [5.41, 5.74) is 11.6. The molecule has 1 spiro atoms. The number of hydrogen-bond acceptors (Lipinski definition) is 2. The lowest BCUT2D eigenvalue weighted by Crippen LogP contribution is -2.34. The molecule has 7 aromatic rings. The van der Waals surface area contributed by atoms with Crippen molar-refractivity contribution in [3.63, 3.8) is 0 Å². The van der Waals surface area contributed by atoms with E-state index in [1.54, 1.807) is 0 Å². The fraction of sp³-hybridized carbons (Fsp3) is 0.0270. The van der Waals surface area contributed by atoms with Crippen LogP contribution >= 0.6 is 27.7 Å². The molecular formula is C37H21BrOS. The van der Waals surface area contributed by atoms with Crippen LogP contribution in [0.5, 0.6) is 0 Å². The number of fused-ring (bicyclic) bond motifs is 15. The number of hydrogen-bond donors (Lipinski definition) is 0. The van der Waals surface area contributed by atoms with Crippen LogP contribution in [0.2, 0.25) is 0 Å². The highest BCUT2D eigenvalue weighted by atomic mass is 79.9. The second-order valence-electron chi connectivity index (χ2n) is 10.5. The Morgan fingerprint density at radius 3 is 2.05 bits per heavy atom. The lowest BCUT2D eigenvalue weighted by atomic mass is 9.63. The maximum absolute atomic E-state index is 6.66. The van der Waals surface area contributed by atoms with Gasteiger partial charge in [0.15, 0.2) is 0 Å². The summed E-state index contributed by atoms with van der Waals surface area (Å²) in [6.07, 6.45) is 0. The summed E-state index contributed by atoms with van der Waals surface area (Å²) in [4.78, 5) is 2.46. The second-order valence-corrected chi connectivity index (χ2v) is 12.5. The molecule has 40 heavy (non-hydrogen) atoms. The zero-order valence-corrected chi connectivity index (χ0v) is 23.7. The van der Waals surface area contributed by atoms with Gasteiger partial charge in [0, 0.05) is 20.1 Å². The predicted molar refractivity (Wildman–Crippen MR) is 168 cm³/mol. The fourth-order valence-electron chi connectivity index (χ4n) is 7.07. The third-order valence-corrected chi connectivity index (χ3v) is 10.3. The van der Waals surface area contributed by atoms with Gasteiger partial charge in [0.2, 0.25) is 0 Å². The van der Waals surface area contributed by atoms with Crippen LogP contribution in [0, 0.1) is 0 Å². The van der Waals surface area contributed by atoms with Crippen molar-refractivity contribution in [2.75, 3.05) is 0 Å². The highest BCUT2D eigenvalue weighted by molar-refractivity contribution is 9.10. The first-order valence-corrected chi connectivity index (χ1v) is 15.1. The SMILES string of the molecule is Brc1ccc2c(c1)-c1ccccc1-c1ccccc1C21c2ccccc2Sc2c1ccc1c2oc2ccccc21. The van der Waals surface area contributed by atoms with Gasteiger partial charge in [0.05, 0.1) is 10.3 Å². The van der Waals surface area contributed by atoms with Gasteiger partial charge in [-0.1, -0.05) is 131 Å². The van der Waals surface area contributed by atoms with E-state index in [2.05, 4.69) is 137 Å². The molecular weight excluding hydrogens is 572 g/mol. The Hall–Kier alpha value is -4.05. The molecule has 1 unspecified atom stereocenters. The van der Waals surface area contributed by atoms with Crippen LogP contribution < -0.4 is 0 Å². The average Bonchev–Trinajstić information content (AvgIpc) is 3.35. The van der Waals surface area contributed by atoms with E-state index in [0.29, 0.717) is 0 Å². The zero-order valence-electron chi connectivity index (χ0n) is 21.3. The van der Waals surface area contributed by atoms with E-state index in [9.17, 15) is 0 Å². The number of halogens is 1. The summed E-state index contributed by atoms with van der Waals surface area (Å²) < 4.78 is 7.74. The van der Waals surface area contributed by atoms with Crippen LogP contribution in [0.15, 0.2) is 146 Å². The summed E-state index contributed by atoms with van der Waals surface area (Å²) in [6.45, 7) is 0. The molecule has 3 heteroatoms. The second kappa shape index (κ2) is 8.23. The lowest BCUT2D eigenvalue weighted by molar-refractivity contribution is 0.647. The number of furan rings is 1. The van der Waals surface area contributed by atoms with Crippen LogP contribution in [-0.4, -0.2) is 0 Å². The maximum atomic E-state index is 6.66. The van der Waals surface area contributed by atoms with Crippen LogP contribution in [0.1, 0.15) is 22.3 Å². The van der Waals surface area contributed by atoms with Crippen molar-refractivity contribution >= 4 is 49.6 Å². The van der Waals surface area contributed by atoms with Crippen LogP contribution in [0.4, 0.5) is 0 Å². The maximum Gasteiger partial charge on any atom is 0.149 e. The van der Waals surface area contributed by atoms with Crippen molar-refractivity contribution < 1.29 is 4.42 Å². The highest BCUT2D eigenvalue weighted by Crippen LogP contribution is 2.62. The van der Waals surface area contributed by atoms with E-state index in [1.165, 1.54) is 54.3 Å². The minimum atomic E-state index is -0.532. The van der Waals surface area contributed by atoms with Gasteiger partial charge in [-0.05, 0) is 68.8 Å². The molecule has 2 heterocycles. The molecule has 0 fully saturated rings. The molecule has 0 N–H and O–H groups in total.